The number of carboxylic acids is 1. The van der Waals surface area contributed by atoms with Crippen LogP contribution in [0.1, 0.15) is 32.6 Å². The summed E-state index contributed by atoms with van der Waals surface area (Å²) in [6.45, 7) is 1.42. The van der Waals surface area contributed by atoms with Gasteiger partial charge in [0.2, 0.25) is 5.91 Å². The van der Waals surface area contributed by atoms with E-state index in [4.69, 9.17) is 5.11 Å². The van der Waals surface area contributed by atoms with Crippen molar-refractivity contribution in [3.8, 4) is 0 Å². The monoisotopic (exact) mass is 185 g/mol. The second-order valence-corrected chi connectivity index (χ2v) is 3.54. The van der Waals surface area contributed by atoms with Gasteiger partial charge in [0.1, 0.15) is 0 Å². The fraction of sp³-hybridized carbons (Fsp3) is 0.778. The lowest BCUT2D eigenvalue weighted by atomic mass is 9.84. The molecule has 1 fully saturated rings. The molecular weight excluding hydrogens is 170 g/mol. The highest BCUT2D eigenvalue weighted by atomic mass is 16.4. The van der Waals surface area contributed by atoms with E-state index in [2.05, 4.69) is 5.32 Å². The van der Waals surface area contributed by atoms with Gasteiger partial charge in [-0.15, -0.1) is 0 Å². The molecule has 74 valence electrons. The quantitative estimate of drug-likeness (QED) is 0.667. The molecule has 1 aliphatic carbocycles. The first-order valence-corrected chi connectivity index (χ1v) is 4.61. The molecule has 13 heavy (non-hydrogen) atoms. The van der Waals surface area contributed by atoms with E-state index in [-0.39, 0.29) is 11.9 Å². The summed E-state index contributed by atoms with van der Waals surface area (Å²) in [6, 6.07) is -0.163. The molecule has 2 N–H and O–H groups in total. The molecule has 0 aromatic rings. The van der Waals surface area contributed by atoms with Gasteiger partial charge in [0.25, 0.3) is 0 Å². The molecule has 1 saturated carbocycles. The number of hydrogen-bond donors (Lipinski definition) is 2. The Labute approximate surface area is 77.3 Å². The molecular formula is C9H15NO3. The normalized spacial score (nSPS) is 28.1. The number of amides is 1. The number of aliphatic carboxylic acids is 1. The lowest BCUT2D eigenvalue weighted by molar-refractivity contribution is -0.144. The summed E-state index contributed by atoms with van der Waals surface area (Å²) in [7, 11) is 0. The molecule has 0 aromatic carbocycles. The molecule has 0 spiro atoms. The standard InChI is InChI=1S/C9H15NO3/c1-6(11)10-8-5-3-2-4-7(8)9(12)13/h7-8H,2-5H2,1H3,(H,10,11)(H,12,13)/t7-,8+/m1/s1. The van der Waals surface area contributed by atoms with Crippen LogP contribution < -0.4 is 5.32 Å². The van der Waals surface area contributed by atoms with Crippen LogP contribution in [0.2, 0.25) is 0 Å². The maximum absolute atomic E-state index is 10.8. The zero-order valence-electron chi connectivity index (χ0n) is 7.75. The van der Waals surface area contributed by atoms with Crippen molar-refractivity contribution in [2.45, 2.75) is 38.6 Å². The van der Waals surface area contributed by atoms with E-state index >= 15 is 0 Å². The number of carbonyl (C=O) groups is 2. The first-order chi connectivity index (χ1) is 6.11. The summed E-state index contributed by atoms with van der Waals surface area (Å²) in [6.07, 6.45) is 3.43. The van der Waals surface area contributed by atoms with Crippen molar-refractivity contribution in [1.29, 1.82) is 0 Å². The Bertz CT molecular complexity index is 215. The third-order valence-corrected chi connectivity index (χ3v) is 2.47. The van der Waals surface area contributed by atoms with E-state index in [1.54, 1.807) is 0 Å². The maximum atomic E-state index is 10.8. The van der Waals surface area contributed by atoms with Gasteiger partial charge in [-0.1, -0.05) is 12.8 Å². The average molecular weight is 185 g/mol. The number of carbonyl (C=O) groups excluding carboxylic acids is 1. The zero-order chi connectivity index (χ0) is 9.84. The molecule has 0 saturated heterocycles. The van der Waals surface area contributed by atoms with Gasteiger partial charge in [-0.05, 0) is 12.8 Å². The highest BCUT2D eigenvalue weighted by Gasteiger charge is 2.30. The second kappa shape index (κ2) is 4.25. The molecule has 4 nitrogen and oxygen atoms in total. The second-order valence-electron chi connectivity index (χ2n) is 3.54. The van der Waals surface area contributed by atoms with Crippen molar-refractivity contribution >= 4 is 11.9 Å². The summed E-state index contributed by atoms with van der Waals surface area (Å²) in [5, 5.41) is 11.6. The van der Waals surface area contributed by atoms with Gasteiger partial charge < -0.3 is 10.4 Å². The van der Waals surface area contributed by atoms with Crippen LogP contribution in [-0.4, -0.2) is 23.0 Å². The fourth-order valence-electron chi connectivity index (χ4n) is 1.86. The molecule has 4 heteroatoms. The lowest BCUT2D eigenvalue weighted by Crippen LogP contribution is -2.44. The first kappa shape index (κ1) is 10.0. The lowest BCUT2D eigenvalue weighted by Gasteiger charge is -2.28. The number of hydrogen-bond acceptors (Lipinski definition) is 2. The van der Waals surface area contributed by atoms with Gasteiger partial charge in [-0.25, -0.2) is 0 Å². The van der Waals surface area contributed by atoms with Crippen LogP contribution >= 0.6 is 0 Å². The predicted molar refractivity (Wildman–Crippen MR) is 47.2 cm³/mol. The average Bonchev–Trinajstić information content (AvgIpc) is 2.03. The molecule has 0 aromatic heterocycles. The molecule has 0 aliphatic heterocycles. The molecule has 1 amide bonds. The largest absolute Gasteiger partial charge is 0.481 e. The van der Waals surface area contributed by atoms with E-state index in [1.165, 1.54) is 6.92 Å². The summed E-state index contributed by atoms with van der Waals surface area (Å²) in [4.78, 5) is 21.6. The molecule has 0 heterocycles. The van der Waals surface area contributed by atoms with Crippen LogP contribution in [0, 0.1) is 5.92 Å². The summed E-state index contributed by atoms with van der Waals surface area (Å²) in [5.74, 6) is -1.32. The van der Waals surface area contributed by atoms with E-state index in [0.717, 1.165) is 19.3 Å². The predicted octanol–water partition coefficient (Wildman–Crippen LogP) is 0.766. The van der Waals surface area contributed by atoms with Crippen LogP contribution in [0.25, 0.3) is 0 Å². The smallest absolute Gasteiger partial charge is 0.308 e. The highest BCUT2D eigenvalue weighted by Crippen LogP contribution is 2.24. The minimum Gasteiger partial charge on any atom is -0.481 e. The summed E-state index contributed by atoms with van der Waals surface area (Å²) >= 11 is 0. The van der Waals surface area contributed by atoms with Crippen molar-refractivity contribution < 1.29 is 14.7 Å². The molecule has 2 atom stereocenters. The van der Waals surface area contributed by atoms with Crippen molar-refractivity contribution in [2.24, 2.45) is 5.92 Å². The summed E-state index contributed by atoms with van der Waals surface area (Å²) < 4.78 is 0. The van der Waals surface area contributed by atoms with Crippen LogP contribution in [-0.2, 0) is 9.59 Å². The Kier molecular flexibility index (Phi) is 3.28. The Balaban J connectivity index is 2.56. The van der Waals surface area contributed by atoms with Crippen molar-refractivity contribution in [3.63, 3.8) is 0 Å². The third-order valence-electron chi connectivity index (χ3n) is 2.47. The van der Waals surface area contributed by atoms with Crippen molar-refractivity contribution in [1.82, 2.24) is 5.32 Å². The molecule has 0 radical (unpaired) electrons. The fourth-order valence-corrected chi connectivity index (χ4v) is 1.86. The Hall–Kier alpha value is -1.06. The Morgan fingerprint density at radius 1 is 1.31 bits per heavy atom. The molecule has 1 rings (SSSR count). The summed E-state index contributed by atoms with van der Waals surface area (Å²) in [5.41, 5.74) is 0. The SMILES string of the molecule is CC(=O)N[C@H]1CCCC[C@H]1C(=O)O. The molecule has 1 aliphatic rings. The van der Waals surface area contributed by atoms with Gasteiger partial charge in [-0.2, -0.15) is 0 Å². The zero-order valence-corrected chi connectivity index (χ0v) is 7.75. The minimum atomic E-state index is -0.793. The minimum absolute atomic E-state index is 0.141. The van der Waals surface area contributed by atoms with Gasteiger partial charge in [0.05, 0.1) is 5.92 Å². The van der Waals surface area contributed by atoms with Crippen molar-refractivity contribution in [3.05, 3.63) is 0 Å². The Morgan fingerprint density at radius 3 is 2.46 bits per heavy atom. The van der Waals surface area contributed by atoms with Gasteiger partial charge in [0, 0.05) is 13.0 Å². The van der Waals surface area contributed by atoms with Crippen LogP contribution in [0.5, 0.6) is 0 Å². The van der Waals surface area contributed by atoms with Gasteiger partial charge in [0.15, 0.2) is 0 Å². The van der Waals surface area contributed by atoms with Crippen molar-refractivity contribution in [2.75, 3.05) is 0 Å². The number of nitrogens with one attached hydrogen (secondary N) is 1. The van der Waals surface area contributed by atoms with Gasteiger partial charge in [-0.3, -0.25) is 9.59 Å². The van der Waals surface area contributed by atoms with E-state index < -0.39 is 11.9 Å². The topological polar surface area (TPSA) is 66.4 Å². The van der Waals surface area contributed by atoms with E-state index in [9.17, 15) is 9.59 Å². The van der Waals surface area contributed by atoms with Crippen LogP contribution in [0.4, 0.5) is 0 Å². The van der Waals surface area contributed by atoms with Gasteiger partial charge >= 0.3 is 5.97 Å². The Morgan fingerprint density at radius 2 is 1.92 bits per heavy atom. The van der Waals surface area contributed by atoms with Crippen LogP contribution in [0.15, 0.2) is 0 Å². The molecule has 0 unspecified atom stereocenters. The van der Waals surface area contributed by atoms with Crippen LogP contribution in [0.3, 0.4) is 0 Å². The number of carboxylic acid groups (broad SMARTS) is 1. The maximum Gasteiger partial charge on any atom is 0.308 e. The highest BCUT2D eigenvalue weighted by molar-refractivity contribution is 5.76. The first-order valence-electron chi connectivity index (χ1n) is 4.61. The third kappa shape index (κ3) is 2.72. The molecule has 0 bridgehead atoms. The van der Waals surface area contributed by atoms with E-state index in [1.807, 2.05) is 0 Å². The number of rotatable bonds is 2. The van der Waals surface area contributed by atoms with E-state index in [0.29, 0.717) is 6.42 Å².